The molecule has 2 nitrogen and oxygen atoms in total. The Kier molecular flexibility index (Phi) is 2.46. The number of fused-ring (bicyclic) bond motifs is 1. The average molecular weight is 230 g/mol. The van der Waals surface area contributed by atoms with Gasteiger partial charge in [0.1, 0.15) is 11.4 Å². The average Bonchev–Trinajstić information content (AvgIpc) is 2.34. The van der Waals surface area contributed by atoms with Crippen LogP contribution >= 0.6 is 0 Å². The fourth-order valence-electron chi connectivity index (χ4n) is 3.01. The van der Waals surface area contributed by atoms with Crippen molar-refractivity contribution in [3.8, 4) is 5.75 Å². The fraction of sp³-hybridized carbons (Fsp3) is 0.533. The lowest BCUT2D eigenvalue weighted by Gasteiger charge is -2.42. The minimum Gasteiger partial charge on any atom is -0.486 e. The lowest BCUT2D eigenvalue weighted by Crippen LogP contribution is -2.44. The SMILES string of the molecule is CC1CCC2(CC1)CC(=O)c1ccccc1O2. The molecule has 0 radical (unpaired) electrons. The number of rotatable bonds is 0. The van der Waals surface area contributed by atoms with Gasteiger partial charge in [0.15, 0.2) is 5.78 Å². The zero-order valence-corrected chi connectivity index (χ0v) is 10.2. The predicted octanol–water partition coefficient (Wildman–Crippen LogP) is 3.60. The molecule has 1 aromatic rings. The molecule has 1 spiro atoms. The minimum absolute atomic E-state index is 0.196. The summed E-state index contributed by atoms with van der Waals surface area (Å²) >= 11 is 0. The molecule has 0 saturated heterocycles. The number of benzene rings is 1. The minimum atomic E-state index is -0.196. The van der Waals surface area contributed by atoms with E-state index < -0.39 is 0 Å². The van der Waals surface area contributed by atoms with E-state index in [1.165, 1.54) is 12.8 Å². The number of Topliss-reactive ketones (excluding diaryl/α,β-unsaturated/α-hetero) is 1. The highest BCUT2D eigenvalue weighted by Crippen LogP contribution is 2.42. The number of ether oxygens (including phenoxy) is 1. The van der Waals surface area contributed by atoms with Crippen LogP contribution in [0.4, 0.5) is 0 Å². The van der Waals surface area contributed by atoms with E-state index in [4.69, 9.17) is 4.74 Å². The van der Waals surface area contributed by atoms with E-state index >= 15 is 0 Å². The Morgan fingerprint density at radius 3 is 2.71 bits per heavy atom. The maximum Gasteiger partial charge on any atom is 0.170 e. The molecular formula is C15H18O2. The van der Waals surface area contributed by atoms with Crippen molar-refractivity contribution >= 4 is 5.78 Å². The van der Waals surface area contributed by atoms with Crippen molar-refractivity contribution in [2.24, 2.45) is 5.92 Å². The van der Waals surface area contributed by atoms with E-state index in [2.05, 4.69) is 6.92 Å². The van der Waals surface area contributed by atoms with Gasteiger partial charge in [-0.1, -0.05) is 19.1 Å². The molecule has 90 valence electrons. The zero-order valence-electron chi connectivity index (χ0n) is 10.2. The molecule has 1 saturated carbocycles. The summed E-state index contributed by atoms with van der Waals surface area (Å²) in [6.45, 7) is 2.28. The van der Waals surface area contributed by atoms with Crippen molar-refractivity contribution in [3.63, 3.8) is 0 Å². The smallest absolute Gasteiger partial charge is 0.170 e. The van der Waals surface area contributed by atoms with Crippen molar-refractivity contribution in [1.82, 2.24) is 0 Å². The predicted molar refractivity (Wildman–Crippen MR) is 66.4 cm³/mol. The van der Waals surface area contributed by atoms with Crippen LogP contribution in [0.5, 0.6) is 5.75 Å². The van der Waals surface area contributed by atoms with Gasteiger partial charge in [0.2, 0.25) is 0 Å². The maximum atomic E-state index is 12.2. The number of para-hydroxylation sites is 1. The summed E-state index contributed by atoms with van der Waals surface area (Å²) in [4.78, 5) is 12.2. The second kappa shape index (κ2) is 3.86. The third kappa shape index (κ3) is 1.86. The summed E-state index contributed by atoms with van der Waals surface area (Å²) in [6.07, 6.45) is 4.96. The second-order valence-electron chi connectivity index (χ2n) is 5.56. The van der Waals surface area contributed by atoms with Gasteiger partial charge in [-0.05, 0) is 43.7 Å². The molecule has 0 aromatic heterocycles. The van der Waals surface area contributed by atoms with Crippen LogP contribution < -0.4 is 4.74 Å². The molecule has 0 N–H and O–H groups in total. The molecule has 1 aromatic carbocycles. The number of hydrogen-bond acceptors (Lipinski definition) is 2. The Morgan fingerprint density at radius 2 is 1.94 bits per heavy atom. The first-order valence-electron chi connectivity index (χ1n) is 6.50. The van der Waals surface area contributed by atoms with Gasteiger partial charge in [-0.25, -0.2) is 0 Å². The molecule has 1 aliphatic carbocycles. The molecule has 0 unspecified atom stereocenters. The summed E-state index contributed by atoms with van der Waals surface area (Å²) in [7, 11) is 0. The largest absolute Gasteiger partial charge is 0.486 e. The lowest BCUT2D eigenvalue weighted by molar-refractivity contribution is 0.00403. The Balaban J connectivity index is 1.91. The molecule has 17 heavy (non-hydrogen) atoms. The summed E-state index contributed by atoms with van der Waals surface area (Å²) in [5, 5.41) is 0. The van der Waals surface area contributed by atoms with E-state index in [9.17, 15) is 4.79 Å². The van der Waals surface area contributed by atoms with Gasteiger partial charge in [0.05, 0.1) is 12.0 Å². The lowest BCUT2D eigenvalue weighted by atomic mass is 9.75. The Labute approximate surface area is 102 Å². The highest BCUT2D eigenvalue weighted by atomic mass is 16.5. The first-order valence-corrected chi connectivity index (χ1v) is 6.50. The summed E-state index contributed by atoms with van der Waals surface area (Å²) in [5.41, 5.74) is 0.564. The Morgan fingerprint density at radius 1 is 1.24 bits per heavy atom. The zero-order chi connectivity index (χ0) is 11.9. The summed E-state index contributed by atoms with van der Waals surface area (Å²) < 4.78 is 6.16. The van der Waals surface area contributed by atoms with E-state index in [1.54, 1.807) is 0 Å². The third-order valence-corrected chi connectivity index (χ3v) is 4.18. The van der Waals surface area contributed by atoms with Gasteiger partial charge in [-0.2, -0.15) is 0 Å². The summed E-state index contributed by atoms with van der Waals surface area (Å²) in [6, 6.07) is 7.64. The van der Waals surface area contributed by atoms with Gasteiger partial charge in [-0.3, -0.25) is 4.79 Å². The molecule has 2 aliphatic rings. The monoisotopic (exact) mass is 230 g/mol. The Bertz CT molecular complexity index is 442. The van der Waals surface area contributed by atoms with Crippen LogP contribution in [0.25, 0.3) is 0 Å². The molecule has 1 heterocycles. The van der Waals surface area contributed by atoms with E-state index in [-0.39, 0.29) is 11.4 Å². The molecule has 3 rings (SSSR count). The van der Waals surface area contributed by atoms with Gasteiger partial charge in [0, 0.05) is 0 Å². The van der Waals surface area contributed by atoms with Crippen LogP contribution in [-0.4, -0.2) is 11.4 Å². The standard InChI is InChI=1S/C15H18O2/c1-11-6-8-15(9-7-11)10-13(16)12-4-2-3-5-14(12)17-15/h2-5,11H,6-10H2,1H3. The number of carbonyl (C=O) groups is 1. The van der Waals surface area contributed by atoms with Crippen molar-refractivity contribution < 1.29 is 9.53 Å². The molecule has 0 bridgehead atoms. The molecule has 2 heteroatoms. The molecular weight excluding hydrogens is 212 g/mol. The second-order valence-corrected chi connectivity index (χ2v) is 5.56. The first-order chi connectivity index (χ1) is 8.19. The first kappa shape index (κ1) is 10.8. The number of hydrogen-bond donors (Lipinski definition) is 0. The molecule has 0 atom stereocenters. The van der Waals surface area contributed by atoms with Crippen LogP contribution in [0, 0.1) is 5.92 Å². The van der Waals surface area contributed by atoms with Crippen molar-refractivity contribution in [2.75, 3.05) is 0 Å². The highest BCUT2D eigenvalue weighted by Gasteiger charge is 2.42. The van der Waals surface area contributed by atoms with Gasteiger partial charge >= 0.3 is 0 Å². The van der Waals surface area contributed by atoms with Crippen LogP contribution in [-0.2, 0) is 0 Å². The van der Waals surface area contributed by atoms with Crippen LogP contribution in [0.3, 0.4) is 0 Å². The van der Waals surface area contributed by atoms with E-state index in [1.807, 2.05) is 24.3 Å². The summed E-state index contributed by atoms with van der Waals surface area (Å²) in [5.74, 6) is 1.82. The van der Waals surface area contributed by atoms with Gasteiger partial charge in [-0.15, -0.1) is 0 Å². The van der Waals surface area contributed by atoms with Crippen LogP contribution in [0.15, 0.2) is 24.3 Å². The Hall–Kier alpha value is -1.31. The van der Waals surface area contributed by atoms with Crippen LogP contribution in [0.2, 0.25) is 0 Å². The fourth-order valence-corrected chi connectivity index (χ4v) is 3.01. The third-order valence-electron chi connectivity index (χ3n) is 4.18. The van der Waals surface area contributed by atoms with Crippen molar-refractivity contribution in [3.05, 3.63) is 29.8 Å². The molecule has 1 fully saturated rings. The topological polar surface area (TPSA) is 26.3 Å². The number of ketones is 1. The van der Waals surface area contributed by atoms with E-state index in [0.717, 1.165) is 30.1 Å². The van der Waals surface area contributed by atoms with Crippen molar-refractivity contribution in [2.45, 2.75) is 44.6 Å². The van der Waals surface area contributed by atoms with E-state index in [0.29, 0.717) is 6.42 Å². The highest BCUT2D eigenvalue weighted by molar-refractivity contribution is 6.00. The molecule has 0 amide bonds. The normalized spacial score (nSPS) is 32.1. The maximum absolute atomic E-state index is 12.2. The quantitative estimate of drug-likeness (QED) is 0.680. The molecule has 1 aliphatic heterocycles. The van der Waals surface area contributed by atoms with Gasteiger partial charge < -0.3 is 4.74 Å². The van der Waals surface area contributed by atoms with Crippen LogP contribution in [0.1, 0.15) is 49.4 Å². The van der Waals surface area contributed by atoms with Gasteiger partial charge in [0.25, 0.3) is 0 Å². The number of carbonyl (C=O) groups excluding carboxylic acids is 1. The van der Waals surface area contributed by atoms with Crippen molar-refractivity contribution in [1.29, 1.82) is 0 Å².